The molecule has 0 radical (unpaired) electrons. The number of rotatable bonds is 6. The summed E-state index contributed by atoms with van der Waals surface area (Å²) in [4.78, 5) is 19.8. The highest BCUT2D eigenvalue weighted by atomic mass is 35.5. The van der Waals surface area contributed by atoms with Gasteiger partial charge in [-0.25, -0.2) is 13.4 Å². The Labute approximate surface area is 228 Å². The molecule has 9 nitrogen and oxygen atoms in total. The van der Waals surface area contributed by atoms with Gasteiger partial charge in [-0.15, -0.1) is 0 Å². The highest BCUT2D eigenvalue weighted by molar-refractivity contribution is 7.89. The summed E-state index contributed by atoms with van der Waals surface area (Å²) in [5, 5.41) is 4.98. The van der Waals surface area contributed by atoms with Crippen molar-refractivity contribution < 1.29 is 13.2 Å². The normalized spacial score (nSPS) is 20.0. The summed E-state index contributed by atoms with van der Waals surface area (Å²) in [6, 6.07) is 10.3. The van der Waals surface area contributed by atoms with Crippen LogP contribution in [0.5, 0.6) is 5.75 Å². The van der Waals surface area contributed by atoms with Gasteiger partial charge in [-0.05, 0) is 67.5 Å². The molecule has 0 N–H and O–H groups in total. The van der Waals surface area contributed by atoms with Crippen LogP contribution in [0.15, 0.2) is 58.6 Å². The fraction of sp³-hybridized carbons (Fsp3) is 0.444. The van der Waals surface area contributed by atoms with Crippen molar-refractivity contribution in [3.05, 3.63) is 69.7 Å². The van der Waals surface area contributed by atoms with Crippen LogP contribution in [-0.4, -0.2) is 59.8 Å². The molecule has 2 aliphatic rings. The number of aromatic nitrogens is 3. The average Bonchev–Trinajstić information content (AvgIpc) is 3.23. The van der Waals surface area contributed by atoms with Crippen LogP contribution in [-0.2, 0) is 10.0 Å². The van der Waals surface area contributed by atoms with Gasteiger partial charge in [-0.3, -0.25) is 4.79 Å². The van der Waals surface area contributed by atoms with E-state index in [1.165, 1.54) is 15.2 Å². The highest BCUT2D eigenvalue weighted by Crippen LogP contribution is 2.40. The first kappa shape index (κ1) is 26.6. The van der Waals surface area contributed by atoms with Gasteiger partial charge in [0.2, 0.25) is 5.75 Å². The molecular weight excluding hydrogens is 526 g/mol. The van der Waals surface area contributed by atoms with Crippen molar-refractivity contribution in [2.45, 2.75) is 51.2 Å². The van der Waals surface area contributed by atoms with Gasteiger partial charge in [-0.1, -0.05) is 31.5 Å². The molecule has 1 atom stereocenters. The Kier molecular flexibility index (Phi) is 7.23. The molecule has 1 aliphatic heterocycles. The third-order valence-corrected chi connectivity index (χ3v) is 9.28. The zero-order chi connectivity index (χ0) is 27.1. The second-order valence-electron chi connectivity index (χ2n) is 10.8. The molecular formula is C27H32ClN5O4S. The number of halogens is 1. The molecule has 1 unspecified atom stereocenters. The molecule has 2 aromatic heterocycles. The van der Waals surface area contributed by atoms with E-state index in [2.05, 4.69) is 23.9 Å². The first-order chi connectivity index (χ1) is 18.0. The Bertz CT molecular complexity index is 1500. The van der Waals surface area contributed by atoms with Crippen LogP contribution < -0.4 is 15.2 Å². The first-order valence-electron chi connectivity index (χ1n) is 12.8. The zero-order valence-corrected chi connectivity index (χ0v) is 23.4. The maximum atomic E-state index is 13.7. The third-order valence-electron chi connectivity index (χ3n) is 7.25. The van der Waals surface area contributed by atoms with E-state index in [0.717, 1.165) is 24.8 Å². The summed E-state index contributed by atoms with van der Waals surface area (Å²) in [6.45, 7) is 7.54. The van der Waals surface area contributed by atoms with Gasteiger partial charge in [0.1, 0.15) is 5.69 Å². The number of aryl methyl sites for hydroxylation is 1. The Morgan fingerprint density at radius 3 is 2.53 bits per heavy atom. The highest BCUT2D eigenvalue weighted by Gasteiger charge is 2.35. The molecule has 1 saturated carbocycles. The first-order valence-corrected chi connectivity index (χ1v) is 14.6. The molecule has 1 saturated heterocycles. The van der Waals surface area contributed by atoms with Crippen LogP contribution in [0.1, 0.15) is 38.7 Å². The van der Waals surface area contributed by atoms with Gasteiger partial charge < -0.3 is 9.64 Å². The molecule has 11 heteroatoms. The largest absolute Gasteiger partial charge is 0.483 e. The van der Waals surface area contributed by atoms with Crippen molar-refractivity contribution in [3.8, 4) is 11.4 Å². The molecule has 0 amide bonds. The minimum atomic E-state index is -3.72. The molecule has 2 fully saturated rings. The van der Waals surface area contributed by atoms with Gasteiger partial charge in [0.05, 0.1) is 18.0 Å². The van der Waals surface area contributed by atoms with Gasteiger partial charge in [0, 0.05) is 37.4 Å². The van der Waals surface area contributed by atoms with E-state index in [-0.39, 0.29) is 40.9 Å². The second kappa shape index (κ2) is 10.3. The van der Waals surface area contributed by atoms with Crippen LogP contribution >= 0.6 is 11.6 Å². The van der Waals surface area contributed by atoms with E-state index in [1.54, 1.807) is 42.6 Å². The average molecular weight is 558 g/mol. The monoisotopic (exact) mass is 557 g/mol. The SMILES string of the molecule is Cc1ccnc(S(=O)(=O)N2CCN(c3cnn(-c4cccc(Cl)c4)c(=O)c3OC3CCC(C)(C)C3)CC2)c1. The standard InChI is InChI=1S/C27H32ClN5O4S/c1-19-8-10-29-24(15-19)38(35,36)32-13-11-31(12-14-32)23-18-30-33(21-6-4-5-20(28)16-21)26(34)25(23)37-22-7-9-27(2,3)17-22/h4-6,8,10,15-16,18,22H,7,9,11-14,17H2,1-3H3. The topological polar surface area (TPSA) is 97.6 Å². The lowest BCUT2D eigenvalue weighted by atomic mass is 9.92. The zero-order valence-electron chi connectivity index (χ0n) is 21.8. The summed E-state index contributed by atoms with van der Waals surface area (Å²) < 4.78 is 35.5. The van der Waals surface area contributed by atoms with Crippen LogP contribution in [0.3, 0.4) is 0 Å². The van der Waals surface area contributed by atoms with Gasteiger partial charge in [0.25, 0.3) is 10.0 Å². The Morgan fingerprint density at radius 1 is 1.11 bits per heavy atom. The Morgan fingerprint density at radius 2 is 1.87 bits per heavy atom. The molecule has 202 valence electrons. The number of hydrogen-bond donors (Lipinski definition) is 0. The maximum Gasteiger partial charge on any atom is 0.316 e. The van der Waals surface area contributed by atoms with E-state index in [4.69, 9.17) is 16.3 Å². The van der Waals surface area contributed by atoms with Gasteiger partial charge in [-0.2, -0.15) is 14.1 Å². The third kappa shape index (κ3) is 5.43. The van der Waals surface area contributed by atoms with Crippen LogP contribution in [0.25, 0.3) is 5.69 Å². The lowest BCUT2D eigenvalue weighted by Crippen LogP contribution is -2.49. The maximum absolute atomic E-state index is 13.7. The van der Waals surface area contributed by atoms with Gasteiger partial charge in [0.15, 0.2) is 5.03 Å². The van der Waals surface area contributed by atoms with Crippen LogP contribution in [0.4, 0.5) is 5.69 Å². The van der Waals surface area contributed by atoms with Crippen molar-refractivity contribution >= 4 is 27.3 Å². The fourth-order valence-corrected chi connectivity index (χ4v) is 6.77. The Balaban J connectivity index is 1.44. The van der Waals surface area contributed by atoms with Crippen LogP contribution in [0, 0.1) is 12.3 Å². The van der Waals surface area contributed by atoms with Crippen LogP contribution in [0.2, 0.25) is 5.02 Å². The minimum Gasteiger partial charge on any atom is -0.483 e. The minimum absolute atomic E-state index is 0.0459. The number of anilines is 1. The molecule has 3 heterocycles. The van der Waals surface area contributed by atoms with E-state index >= 15 is 0 Å². The second-order valence-corrected chi connectivity index (χ2v) is 13.1. The van der Waals surface area contributed by atoms with Crippen molar-refractivity contribution in [1.29, 1.82) is 0 Å². The molecule has 1 aromatic carbocycles. The summed E-state index contributed by atoms with van der Waals surface area (Å²) in [5.41, 5.74) is 1.73. The number of piperazine rings is 1. The number of benzene rings is 1. The smallest absolute Gasteiger partial charge is 0.316 e. The van der Waals surface area contributed by atoms with Crippen molar-refractivity contribution in [3.63, 3.8) is 0 Å². The Hall–Kier alpha value is -2.95. The van der Waals surface area contributed by atoms with E-state index in [9.17, 15) is 13.2 Å². The van der Waals surface area contributed by atoms with Crippen molar-refractivity contribution in [1.82, 2.24) is 19.1 Å². The van der Waals surface area contributed by atoms with Crippen molar-refractivity contribution in [2.75, 3.05) is 31.1 Å². The number of hydrogen-bond acceptors (Lipinski definition) is 7. The molecule has 0 spiro atoms. The van der Waals surface area contributed by atoms with Gasteiger partial charge >= 0.3 is 5.56 Å². The molecule has 1 aliphatic carbocycles. The quantitative estimate of drug-likeness (QED) is 0.451. The summed E-state index contributed by atoms with van der Waals surface area (Å²) >= 11 is 6.17. The summed E-state index contributed by atoms with van der Waals surface area (Å²) in [5.74, 6) is 0.235. The predicted molar refractivity (Wildman–Crippen MR) is 147 cm³/mol. The number of sulfonamides is 1. The fourth-order valence-electron chi connectivity index (χ4n) is 5.15. The molecule has 3 aromatic rings. The lowest BCUT2D eigenvalue weighted by Gasteiger charge is -2.35. The number of ether oxygens (including phenoxy) is 1. The number of nitrogens with zero attached hydrogens (tertiary/aromatic N) is 5. The van der Waals surface area contributed by atoms with E-state index in [0.29, 0.717) is 29.5 Å². The number of pyridine rings is 1. The van der Waals surface area contributed by atoms with E-state index in [1.807, 2.05) is 11.8 Å². The molecule has 38 heavy (non-hydrogen) atoms. The van der Waals surface area contributed by atoms with E-state index < -0.39 is 10.0 Å². The van der Waals surface area contributed by atoms with Crippen molar-refractivity contribution in [2.24, 2.45) is 5.41 Å². The summed E-state index contributed by atoms with van der Waals surface area (Å²) in [6.07, 6.45) is 5.78. The summed E-state index contributed by atoms with van der Waals surface area (Å²) in [7, 11) is -3.72. The molecule has 0 bridgehead atoms. The predicted octanol–water partition coefficient (Wildman–Crippen LogP) is 4.06. The molecule has 5 rings (SSSR count). The lowest BCUT2D eigenvalue weighted by molar-refractivity contribution is 0.189.